The summed E-state index contributed by atoms with van der Waals surface area (Å²) in [5, 5.41) is 0. The Balaban J connectivity index is 0.000000207. The van der Waals surface area contributed by atoms with Gasteiger partial charge in [-0.05, 0) is 332 Å². The van der Waals surface area contributed by atoms with Crippen LogP contribution in [0.4, 0.5) is 0 Å². The molecule has 0 N–H and O–H groups in total. The lowest BCUT2D eigenvalue weighted by molar-refractivity contribution is 0.217. The van der Waals surface area contributed by atoms with Crippen molar-refractivity contribution in [3.63, 3.8) is 0 Å². The van der Waals surface area contributed by atoms with Crippen LogP contribution in [0.5, 0.6) is 69.0 Å². The van der Waals surface area contributed by atoms with Gasteiger partial charge in [0.15, 0.2) is 0 Å². The van der Waals surface area contributed by atoms with E-state index in [2.05, 4.69) is 250 Å². The van der Waals surface area contributed by atoms with Gasteiger partial charge in [0.25, 0.3) is 0 Å². The number of methoxy groups -OCH3 is 8. The molecule has 12 nitrogen and oxygen atoms in total. The third-order valence-corrected chi connectivity index (χ3v) is 22.3. The van der Waals surface area contributed by atoms with Gasteiger partial charge in [-0.25, -0.2) is 0 Å². The first kappa shape index (κ1) is 84.6. The Kier molecular flexibility index (Phi) is 28.0. The van der Waals surface area contributed by atoms with Gasteiger partial charge >= 0.3 is 0 Å². The van der Waals surface area contributed by atoms with Crippen LogP contribution in [0.3, 0.4) is 0 Å². The monoisotopic (exact) mass is 1600 g/mol. The SMILES string of the molecule is CC[C@@H](C)Oc1ccc(-c2c(-c3ccc(OC)cc3)c(-c3ccc(OC)cc3)c(-c3ccc(O[C@H](C)CC)cc3)c(-c3ccc(OC)cc3)c2-c2ccc(OC)cc2)cc1.CC[C@@H](C)Oc1ccc(-c2c(-c3ccc(OC)cc3)c(-c3ccc(OC)cc3)c(-c3ccc(O[C@H](C)CC)cc3)c(-c3ccc(OC)cc3)c2-c2ccc(OC)cc2)cc1. The fourth-order valence-corrected chi connectivity index (χ4v) is 15.1. The Morgan fingerprint density at radius 1 is 0.142 bits per heavy atom. The maximum atomic E-state index is 6.32. The molecule has 14 aromatic rings. The van der Waals surface area contributed by atoms with Crippen LogP contribution in [0.2, 0.25) is 0 Å². The molecule has 4 atom stereocenters. The van der Waals surface area contributed by atoms with E-state index in [4.69, 9.17) is 56.8 Å². The van der Waals surface area contributed by atoms with Crippen molar-refractivity contribution in [1.29, 1.82) is 0 Å². The van der Waals surface area contributed by atoms with Crippen molar-refractivity contribution < 1.29 is 56.8 Å². The summed E-state index contributed by atoms with van der Waals surface area (Å²) in [6, 6.07) is 101. The van der Waals surface area contributed by atoms with E-state index in [1.807, 2.05) is 97.1 Å². The highest BCUT2D eigenvalue weighted by atomic mass is 16.5. The molecule has 0 bridgehead atoms. The average molecular weight is 1600 g/mol. The molecule has 0 aliphatic rings. The Morgan fingerprint density at radius 2 is 0.225 bits per heavy atom. The quantitative estimate of drug-likeness (QED) is 0.0400. The zero-order valence-electron chi connectivity index (χ0n) is 71.7. The van der Waals surface area contributed by atoms with Gasteiger partial charge in [-0.1, -0.05) is 173 Å². The van der Waals surface area contributed by atoms with E-state index in [1.54, 1.807) is 56.9 Å². The van der Waals surface area contributed by atoms with Crippen molar-refractivity contribution in [3.8, 4) is 203 Å². The van der Waals surface area contributed by atoms with E-state index in [0.717, 1.165) is 228 Å². The second-order valence-corrected chi connectivity index (χ2v) is 29.8. The third kappa shape index (κ3) is 19.1. The molecule has 612 valence electrons. The fourth-order valence-electron chi connectivity index (χ4n) is 15.1. The van der Waals surface area contributed by atoms with Crippen LogP contribution < -0.4 is 56.8 Å². The summed E-state index contributed by atoms with van der Waals surface area (Å²) in [5.74, 6) is 9.53. The molecule has 14 rings (SSSR count). The lowest BCUT2D eigenvalue weighted by atomic mass is 9.74. The van der Waals surface area contributed by atoms with Crippen molar-refractivity contribution in [2.24, 2.45) is 0 Å². The number of hydrogen-bond donors (Lipinski definition) is 0. The van der Waals surface area contributed by atoms with Gasteiger partial charge in [0.2, 0.25) is 0 Å². The lowest BCUT2D eigenvalue weighted by Gasteiger charge is -2.29. The first-order chi connectivity index (χ1) is 58.6. The number of hydrogen-bond acceptors (Lipinski definition) is 12. The highest BCUT2D eigenvalue weighted by Crippen LogP contribution is 2.59. The van der Waals surface area contributed by atoms with Crippen LogP contribution in [0.15, 0.2) is 291 Å². The Hall–Kier alpha value is -13.3. The van der Waals surface area contributed by atoms with E-state index in [1.165, 1.54) is 0 Å². The van der Waals surface area contributed by atoms with Crippen LogP contribution in [-0.2, 0) is 0 Å². The predicted molar refractivity (Wildman–Crippen MR) is 492 cm³/mol. The molecule has 14 aromatic carbocycles. The Morgan fingerprint density at radius 3 is 0.300 bits per heavy atom. The standard InChI is InChI=1S/2C54H54O6/c2*1-9-35(3)59-47-31-19-41(20-32-47)53-49(37-11-23-43(55-5)24-12-37)51(39-15-27-45(57-7)28-16-39)54(42-21-33-48(34-22-42)60-36(4)10-2)52(40-17-29-46(58-8)30-18-40)50(53)38-13-25-44(56-6)26-14-38/h2*11-36H,9-10H2,1-8H3/t2*35-,36-/m11/s1. The highest BCUT2D eigenvalue weighted by molar-refractivity contribution is 6.17. The summed E-state index contributed by atoms with van der Waals surface area (Å²) in [6.45, 7) is 16.9. The normalized spacial score (nSPS) is 12.0. The second-order valence-electron chi connectivity index (χ2n) is 29.8. The molecular weight excluding hydrogens is 1490 g/mol. The fraction of sp³-hybridized carbons (Fsp3) is 0.222. The zero-order valence-corrected chi connectivity index (χ0v) is 71.7. The van der Waals surface area contributed by atoms with Gasteiger partial charge in [0, 0.05) is 0 Å². The van der Waals surface area contributed by atoms with Gasteiger partial charge in [-0.15, -0.1) is 0 Å². The first-order valence-electron chi connectivity index (χ1n) is 41.3. The smallest absolute Gasteiger partial charge is 0.119 e. The van der Waals surface area contributed by atoms with E-state index < -0.39 is 0 Å². The summed E-state index contributed by atoms with van der Waals surface area (Å²) in [7, 11) is 13.6. The summed E-state index contributed by atoms with van der Waals surface area (Å²) >= 11 is 0. The molecule has 0 heterocycles. The molecule has 0 aromatic heterocycles. The molecule has 0 fully saturated rings. The van der Waals surface area contributed by atoms with Crippen molar-refractivity contribution in [1.82, 2.24) is 0 Å². The second kappa shape index (κ2) is 39.8. The molecule has 0 saturated carbocycles. The molecule has 0 radical (unpaired) electrons. The predicted octanol–water partition coefficient (Wildman–Crippen LogP) is 28.2. The van der Waals surface area contributed by atoms with E-state index in [9.17, 15) is 0 Å². The largest absolute Gasteiger partial charge is 0.497 e. The number of rotatable bonds is 32. The van der Waals surface area contributed by atoms with Crippen molar-refractivity contribution >= 4 is 0 Å². The minimum atomic E-state index is 0.0881. The molecular formula is C108H108O12. The molecule has 0 unspecified atom stereocenters. The van der Waals surface area contributed by atoms with E-state index in [0.29, 0.717) is 0 Å². The van der Waals surface area contributed by atoms with Gasteiger partial charge in [0.1, 0.15) is 69.0 Å². The highest BCUT2D eigenvalue weighted by Gasteiger charge is 2.33. The average Bonchev–Trinajstić information content (AvgIpc) is 0.719. The van der Waals surface area contributed by atoms with Gasteiger partial charge in [-0.3, -0.25) is 0 Å². The summed E-state index contributed by atoms with van der Waals surface area (Å²) in [4.78, 5) is 0. The van der Waals surface area contributed by atoms with Crippen LogP contribution >= 0.6 is 0 Å². The number of ether oxygens (including phenoxy) is 12. The van der Waals surface area contributed by atoms with Gasteiger partial charge in [-0.2, -0.15) is 0 Å². The summed E-state index contributed by atoms with van der Waals surface area (Å²) in [5.41, 5.74) is 25.2. The lowest BCUT2D eigenvalue weighted by Crippen LogP contribution is -2.09. The van der Waals surface area contributed by atoms with E-state index in [-0.39, 0.29) is 24.4 Å². The molecule has 0 amide bonds. The molecule has 12 heteroatoms. The van der Waals surface area contributed by atoms with Crippen LogP contribution in [-0.4, -0.2) is 81.3 Å². The maximum Gasteiger partial charge on any atom is 0.119 e. The van der Waals surface area contributed by atoms with Crippen molar-refractivity contribution in [2.45, 2.75) is 105 Å². The molecule has 0 spiro atoms. The van der Waals surface area contributed by atoms with E-state index >= 15 is 0 Å². The molecule has 0 saturated heterocycles. The first-order valence-corrected chi connectivity index (χ1v) is 41.3. The Bertz CT molecular complexity index is 4700. The van der Waals surface area contributed by atoms with Gasteiger partial charge < -0.3 is 56.8 Å². The van der Waals surface area contributed by atoms with Crippen molar-refractivity contribution in [3.05, 3.63) is 291 Å². The van der Waals surface area contributed by atoms with Crippen LogP contribution in [0, 0.1) is 0 Å². The summed E-state index contributed by atoms with van der Waals surface area (Å²) < 4.78 is 70.9. The minimum Gasteiger partial charge on any atom is -0.497 e. The number of benzene rings is 14. The van der Waals surface area contributed by atoms with Crippen LogP contribution in [0.25, 0.3) is 134 Å². The minimum absolute atomic E-state index is 0.0881. The Labute approximate surface area is 708 Å². The topological polar surface area (TPSA) is 111 Å². The van der Waals surface area contributed by atoms with Crippen molar-refractivity contribution in [2.75, 3.05) is 56.9 Å². The zero-order chi connectivity index (χ0) is 84.3. The molecule has 0 aliphatic carbocycles. The molecule has 0 aliphatic heterocycles. The maximum absolute atomic E-state index is 6.32. The summed E-state index contributed by atoms with van der Waals surface area (Å²) in [6.07, 6.45) is 3.99. The molecule has 120 heavy (non-hydrogen) atoms. The van der Waals surface area contributed by atoms with Gasteiger partial charge in [0.05, 0.1) is 81.3 Å². The van der Waals surface area contributed by atoms with Crippen LogP contribution in [0.1, 0.15) is 81.1 Å². The third-order valence-electron chi connectivity index (χ3n) is 22.3.